The van der Waals surface area contributed by atoms with Crippen molar-refractivity contribution in [1.29, 1.82) is 0 Å². The van der Waals surface area contributed by atoms with Crippen LogP contribution in [0.5, 0.6) is 0 Å². The fourth-order valence-electron chi connectivity index (χ4n) is 5.08. The number of hydrogen-bond acceptors (Lipinski definition) is 2. The highest BCUT2D eigenvalue weighted by Crippen LogP contribution is 2.59. The third-order valence-corrected chi connectivity index (χ3v) is 5.54. The van der Waals surface area contributed by atoms with Crippen LogP contribution in [0.25, 0.3) is 0 Å². The molecule has 0 aromatic rings. The highest BCUT2D eigenvalue weighted by Gasteiger charge is 2.56. The second-order valence-corrected chi connectivity index (χ2v) is 5.84. The Balaban J connectivity index is 1.83. The highest BCUT2D eigenvalue weighted by molar-refractivity contribution is 5.08. The zero-order valence-electron chi connectivity index (χ0n) is 9.65. The minimum atomic E-state index is 0.399. The Labute approximate surface area is 92.4 Å². The summed E-state index contributed by atoms with van der Waals surface area (Å²) in [5.74, 6) is 4.22. The molecule has 0 aliphatic heterocycles. The molecular formula is C13H23NO. The molecule has 3 saturated carbocycles. The molecule has 0 unspecified atom stereocenters. The number of aliphatic hydroxyl groups is 1. The van der Waals surface area contributed by atoms with Gasteiger partial charge < -0.3 is 10.4 Å². The van der Waals surface area contributed by atoms with E-state index in [1.54, 1.807) is 0 Å². The van der Waals surface area contributed by atoms with Crippen LogP contribution in [0.3, 0.4) is 0 Å². The summed E-state index contributed by atoms with van der Waals surface area (Å²) in [4.78, 5) is 0. The molecule has 2 N–H and O–H groups in total. The van der Waals surface area contributed by atoms with E-state index in [0.717, 1.165) is 23.7 Å². The average molecular weight is 209 g/mol. The van der Waals surface area contributed by atoms with E-state index in [1.165, 1.54) is 32.1 Å². The van der Waals surface area contributed by atoms with Crippen LogP contribution < -0.4 is 5.32 Å². The molecule has 86 valence electrons. The minimum Gasteiger partial charge on any atom is -0.396 e. The SMILES string of the molecule is CN[C@H]1[C@@H]2C[C@@H]([C@H]3CCCC[C@H]32)[C@H]1CO. The molecule has 2 bridgehead atoms. The van der Waals surface area contributed by atoms with Gasteiger partial charge in [0.05, 0.1) is 0 Å². The van der Waals surface area contributed by atoms with Crippen LogP contribution in [0.1, 0.15) is 32.1 Å². The zero-order chi connectivity index (χ0) is 10.4. The zero-order valence-corrected chi connectivity index (χ0v) is 9.65. The first kappa shape index (κ1) is 10.1. The van der Waals surface area contributed by atoms with Crippen LogP contribution in [-0.4, -0.2) is 24.8 Å². The lowest BCUT2D eigenvalue weighted by molar-refractivity contribution is 0.0526. The Hall–Kier alpha value is -0.0800. The summed E-state index contributed by atoms with van der Waals surface area (Å²) >= 11 is 0. The van der Waals surface area contributed by atoms with Gasteiger partial charge >= 0.3 is 0 Å². The van der Waals surface area contributed by atoms with Gasteiger partial charge in [0.25, 0.3) is 0 Å². The maximum atomic E-state index is 9.54. The van der Waals surface area contributed by atoms with Gasteiger partial charge in [0.1, 0.15) is 0 Å². The molecule has 0 spiro atoms. The van der Waals surface area contributed by atoms with Gasteiger partial charge in [-0.05, 0) is 50.0 Å². The molecule has 0 aromatic carbocycles. The number of aliphatic hydroxyl groups excluding tert-OH is 1. The van der Waals surface area contributed by atoms with Crippen molar-refractivity contribution in [2.24, 2.45) is 29.6 Å². The fraction of sp³-hybridized carbons (Fsp3) is 1.00. The third-order valence-electron chi connectivity index (χ3n) is 5.54. The third kappa shape index (κ3) is 1.31. The molecule has 3 rings (SSSR count). The lowest BCUT2D eigenvalue weighted by Gasteiger charge is -2.43. The van der Waals surface area contributed by atoms with E-state index < -0.39 is 0 Å². The van der Waals surface area contributed by atoms with E-state index in [2.05, 4.69) is 12.4 Å². The molecule has 3 aliphatic rings. The van der Waals surface area contributed by atoms with Gasteiger partial charge in [-0.2, -0.15) is 0 Å². The lowest BCUT2D eigenvalue weighted by Crippen LogP contribution is -2.47. The first-order chi connectivity index (χ1) is 7.36. The second kappa shape index (κ2) is 3.74. The van der Waals surface area contributed by atoms with Crippen molar-refractivity contribution in [3.8, 4) is 0 Å². The van der Waals surface area contributed by atoms with Crippen LogP contribution in [0.2, 0.25) is 0 Å². The Morgan fingerprint density at radius 2 is 1.73 bits per heavy atom. The lowest BCUT2D eigenvalue weighted by atomic mass is 9.66. The Morgan fingerprint density at radius 3 is 2.33 bits per heavy atom. The molecule has 0 amide bonds. The van der Waals surface area contributed by atoms with E-state index in [-0.39, 0.29) is 0 Å². The van der Waals surface area contributed by atoms with Gasteiger partial charge in [0, 0.05) is 18.6 Å². The molecule has 0 aromatic heterocycles. The predicted octanol–water partition coefficient (Wildman–Crippen LogP) is 1.64. The van der Waals surface area contributed by atoms with Gasteiger partial charge in [0.2, 0.25) is 0 Å². The Bertz CT molecular complexity index is 211. The van der Waals surface area contributed by atoms with Gasteiger partial charge in [0.15, 0.2) is 0 Å². The summed E-state index contributed by atoms with van der Waals surface area (Å²) in [7, 11) is 2.08. The van der Waals surface area contributed by atoms with Crippen molar-refractivity contribution in [2.45, 2.75) is 38.1 Å². The first-order valence-electron chi connectivity index (χ1n) is 6.65. The van der Waals surface area contributed by atoms with Gasteiger partial charge in [-0.15, -0.1) is 0 Å². The summed E-state index contributed by atoms with van der Waals surface area (Å²) in [5, 5.41) is 13.0. The number of rotatable bonds is 2. The van der Waals surface area contributed by atoms with Crippen LogP contribution in [0.4, 0.5) is 0 Å². The molecular weight excluding hydrogens is 186 g/mol. The molecule has 6 atom stereocenters. The van der Waals surface area contributed by atoms with Crippen molar-refractivity contribution < 1.29 is 5.11 Å². The van der Waals surface area contributed by atoms with Gasteiger partial charge in [-0.3, -0.25) is 0 Å². The Morgan fingerprint density at radius 1 is 1.07 bits per heavy atom. The average Bonchev–Trinajstić information content (AvgIpc) is 2.84. The van der Waals surface area contributed by atoms with Gasteiger partial charge in [-0.1, -0.05) is 12.8 Å². The summed E-state index contributed by atoms with van der Waals surface area (Å²) in [6.07, 6.45) is 7.18. The molecule has 0 saturated heterocycles. The molecule has 2 nitrogen and oxygen atoms in total. The topological polar surface area (TPSA) is 32.3 Å². The molecule has 3 fully saturated rings. The van der Waals surface area contributed by atoms with Crippen LogP contribution in [0, 0.1) is 29.6 Å². The molecule has 2 heteroatoms. The van der Waals surface area contributed by atoms with Crippen LogP contribution >= 0.6 is 0 Å². The number of nitrogens with one attached hydrogen (secondary N) is 1. The maximum Gasteiger partial charge on any atom is 0.0477 e. The van der Waals surface area contributed by atoms with Crippen molar-refractivity contribution >= 4 is 0 Å². The van der Waals surface area contributed by atoms with E-state index in [0.29, 0.717) is 18.6 Å². The molecule has 0 radical (unpaired) electrons. The summed E-state index contributed by atoms with van der Waals surface area (Å²) < 4.78 is 0. The van der Waals surface area contributed by atoms with Crippen molar-refractivity contribution in [3.63, 3.8) is 0 Å². The maximum absolute atomic E-state index is 9.54. The van der Waals surface area contributed by atoms with Crippen molar-refractivity contribution in [3.05, 3.63) is 0 Å². The normalized spacial score (nSPS) is 53.2. The van der Waals surface area contributed by atoms with E-state index in [9.17, 15) is 5.11 Å². The largest absolute Gasteiger partial charge is 0.396 e. The highest BCUT2D eigenvalue weighted by atomic mass is 16.3. The van der Waals surface area contributed by atoms with Crippen LogP contribution in [-0.2, 0) is 0 Å². The summed E-state index contributed by atoms with van der Waals surface area (Å²) in [6.45, 7) is 0.399. The Kier molecular flexibility index (Phi) is 2.52. The second-order valence-electron chi connectivity index (χ2n) is 5.84. The molecule has 15 heavy (non-hydrogen) atoms. The van der Waals surface area contributed by atoms with E-state index in [1.807, 2.05) is 0 Å². The minimum absolute atomic E-state index is 0.399. The molecule has 3 aliphatic carbocycles. The standard InChI is InChI=1S/C13H23NO/c1-14-13-11-6-10(12(13)7-15)8-4-2-3-5-9(8)11/h8-15H,2-7H2,1H3/t8-,9+,10-,11+,12+,13-/m0/s1. The first-order valence-corrected chi connectivity index (χ1v) is 6.65. The molecule has 0 heterocycles. The quantitative estimate of drug-likeness (QED) is 0.724. The smallest absolute Gasteiger partial charge is 0.0477 e. The van der Waals surface area contributed by atoms with Crippen molar-refractivity contribution in [2.75, 3.05) is 13.7 Å². The van der Waals surface area contributed by atoms with E-state index >= 15 is 0 Å². The van der Waals surface area contributed by atoms with E-state index in [4.69, 9.17) is 0 Å². The number of hydrogen-bond donors (Lipinski definition) is 2. The monoisotopic (exact) mass is 209 g/mol. The van der Waals surface area contributed by atoms with Gasteiger partial charge in [-0.25, -0.2) is 0 Å². The summed E-state index contributed by atoms with van der Waals surface area (Å²) in [5.41, 5.74) is 0. The fourth-order valence-corrected chi connectivity index (χ4v) is 5.08. The summed E-state index contributed by atoms with van der Waals surface area (Å²) in [6, 6.07) is 0.611. The van der Waals surface area contributed by atoms with Crippen LogP contribution in [0.15, 0.2) is 0 Å². The number of fused-ring (bicyclic) bond motifs is 5. The van der Waals surface area contributed by atoms with Crippen molar-refractivity contribution in [1.82, 2.24) is 5.32 Å². The predicted molar refractivity (Wildman–Crippen MR) is 60.5 cm³/mol.